The molecule has 1 heteroatoms. The smallest absolute Gasteiger partial charge is 0.119 e. The molecule has 0 amide bonds. The number of hydrogen-bond acceptors (Lipinski definition) is 1. The normalized spacial score (nSPS) is 28.8. The Morgan fingerprint density at radius 1 is 1.58 bits per heavy atom. The Bertz CT molecular complexity index is 172. The molecule has 0 bridgehead atoms. The van der Waals surface area contributed by atoms with Crippen LogP contribution in [0, 0.1) is 5.41 Å². The standard InChI is InChI=1S/C11H18O/c1-11(9-5-6-10-12)7-3-2-4-8-11/h3,7,10H,2,4-6,8-9H2,1H3. The van der Waals surface area contributed by atoms with Gasteiger partial charge in [0.1, 0.15) is 6.29 Å². The summed E-state index contributed by atoms with van der Waals surface area (Å²) in [6, 6.07) is 0. The van der Waals surface area contributed by atoms with Crippen molar-refractivity contribution in [1.29, 1.82) is 0 Å². The fraction of sp³-hybridized carbons (Fsp3) is 0.727. The van der Waals surface area contributed by atoms with E-state index in [0.717, 1.165) is 19.1 Å². The second-order valence-electron chi connectivity index (χ2n) is 4.01. The van der Waals surface area contributed by atoms with Gasteiger partial charge in [-0.05, 0) is 37.5 Å². The van der Waals surface area contributed by atoms with Crippen LogP contribution >= 0.6 is 0 Å². The highest BCUT2D eigenvalue weighted by molar-refractivity contribution is 5.49. The third-order valence-corrected chi connectivity index (χ3v) is 2.71. The third kappa shape index (κ3) is 2.80. The van der Waals surface area contributed by atoms with Crippen molar-refractivity contribution in [1.82, 2.24) is 0 Å². The largest absolute Gasteiger partial charge is 0.303 e. The first-order valence-electron chi connectivity index (χ1n) is 4.88. The second-order valence-corrected chi connectivity index (χ2v) is 4.01. The molecule has 1 rings (SSSR count). The monoisotopic (exact) mass is 166 g/mol. The molecule has 68 valence electrons. The van der Waals surface area contributed by atoms with Gasteiger partial charge in [0.05, 0.1) is 0 Å². The number of aldehydes is 1. The van der Waals surface area contributed by atoms with E-state index in [2.05, 4.69) is 19.1 Å². The highest BCUT2D eigenvalue weighted by Gasteiger charge is 2.21. The summed E-state index contributed by atoms with van der Waals surface area (Å²) >= 11 is 0. The molecular weight excluding hydrogens is 148 g/mol. The van der Waals surface area contributed by atoms with Crippen LogP contribution in [0.2, 0.25) is 0 Å². The summed E-state index contributed by atoms with van der Waals surface area (Å²) in [6.45, 7) is 2.30. The van der Waals surface area contributed by atoms with E-state index in [1.807, 2.05) is 0 Å². The van der Waals surface area contributed by atoms with Crippen molar-refractivity contribution in [3.63, 3.8) is 0 Å². The van der Waals surface area contributed by atoms with Crippen LogP contribution in [0.3, 0.4) is 0 Å². The molecule has 1 aliphatic rings. The van der Waals surface area contributed by atoms with Gasteiger partial charge in [0, 0.05) is 6.42 Å². The Balaban J connectivity index is 2.31. The van der Waals surface area contributed by atoms with Gasteiger partial charge in [-0.1, -0.05) is 19.1 Å². The number of carbonyl (C=O) groups is 1. The van der Waals surface area contributed by atoms with Gasteiger partial charge in [0.2, 0.25) is 0 Å². The van der Waals surface area contributed by atoms with Crippen LogP contribution in [0.15, 0.2) is 12.2 Å². The molecule has 0 aromatic carbocycles. The van der Waals surface area contributed by atoms with Crippen LogP contribution in [0.1, 0.15) is 45.4 Å². The quantitative estimate of drug-likeness (QED) is 0.356. The average Bonchev–Trinajstić information content (AvgIpc) is 2.06. The minimum atomic E-state index is 0.390. The summed E-state index contributed by atoms with van der Waals surface area (Å²) in [5.41, 5.74) is 0.390. The van der Waals surface area contributed by atoms with Crippen LogP contribution in [0.4, 0.5) is 0 Å². The predicted molar refractivity (Wildman–Crippen MR) is 51.0 cm³/mol. The highest BCUT2D eigenvalue weighted by atomic mass is 16.1. The summed E-state index contributed by atoms with van der Waals surface area (Å²) < 4.78 is 0. The van der Waals surface area contributed by atoms with Crippen LogP contribution in [0.25, 0.3) is 0 Å². The zero-order chi connectivity index (χ0) is 8.86. The van der Waals surface area contributed by atoms with Gasteiger partial charge >= 0.3 is 0 Å². The number of hydrogen-bond donors (Lipinski definition) is 0. The Hall–Kier alpha value is -0.590. The fourth-order valence-electron chi connectivity index (χ4n) is 1.87. The maximum Gasteiger partial charge on any atom is 0.119 e. The van der Waals surface area contributed by atoms with Crippen LogP contribution in [-0.4, -0.2) is 6.29 Å². The lowest BCUT2D eigenvalue weighted by atomic mass is 9.77. The summed E-state index contributed by atoms with van der Waals surface area (Å²) in [7, 11) is 0. The predicted octanol–water partition coefficient (Wildman–Crippen LogP) is 3.10. The average molecular weight is 166 g/mol. The van der Waals surface area contributed by atoms with E-state index >= 15 is 0 Å². The summed E-state index contributed by atoms with van der Waals surface area (Å²) in [4.78, 5) is 10.1. The van der Waals surface area contributed by atoms with Crippen molar-refractivity contribution in [2.75, 3.05) is 0 Å². The Labute approximate surface area is 74.9 Å². The first-order chi connectivity index (χ1) is 5.77. The molecule has 1 unspecified atom stereocenters. The van der Waals surface area contributed by atoms with Crippen molar-refractivity contribution in [2.24, 2.45) is 5.41 Å². The second kappa shape index (κ2) is 4.44. The fourth-order valence-corrected chi connectivity index (χ4v) is 1.87. The van der Waals surface area contributed by atoms with Crippen molar-refractivity contribution >= 4 is 6.29 Å². The first-order valence-corrected chi connectivity index (χ1v) is 4.88. The number of rotatable bonds is 4. The molecule has 0 saturated heterocycles. The summed E-state index contributed by atoms with van der Waals surface area (Å²) in [6.07, 6.45) is 12.4. The van der Waals surface area contributed by atoms with Gasteiger partial charge in [0.25, 0.3) is 0 Å². The number of unbranched alkanes of at least 4 members (excludes halogenated alkanes) is 1. The molecule has 0 aliphatic heterocycles. The van der Waals surface area contributed by atoms with Gasteiger partial charge in [-0.15, -0.1) is 0 Å². The molecule has 0 radical (unpaired) electrons. The van der Waals surface area contributed by atoms with Crippen LogP contribution < -0.4 is 0 Å². The van der Waals surface area contributed by atoms with E-state index in [9.17, 15) is 4.79 Å². The van der Waals surface area contributed by atoms with Crippen LogP contribution in [0.5, 0.6) is 0 Å². The number of allylic oxidation sites excluding steroid dienone is 2. The molecule has 0 saturated carbocycles. The molecule has 12 heavy (non-hydrogen) atoms. The molecule has 0 spiro atoms. The van der Waals surface area contributed by atoms with E-state index in [-0.39, 0.29) is 0 Å². The maximum atomic E-state index is 10.1. The van der Waals surface area contributed by atoms with E-state index < -0.39 is 0 Å². The van der Waals surface area contributed by atoms with Gasteiger partial charge in [0.15, 0.2) is 0 Å². The van der Waals surface area contributed by atoms with Crippen molar-refractivity contribution in [3.05, 3.63) is 12.2 Å². The highest BCUT2D eigenvalue weighted by Crippen LogP contribution is 2.34. The van der Waals surface area contributed by atoms with E-state index in [4.69, 9.17) is 0 Å². The topological polar surface area (TPSA) is 17.1 Å². The minimum Gasteiger partial charge on any atom is -0.303 e. The van der Waals surface area contributed by atoms with Gasteiger partial charge in [-0.2, -0.15) is 0 Å². The molecule has 0 fully saturated rings. The van der Waals surface area contributed by atoms with Gasteiger partial charge in [-0.25, -0.2) is 0 Å². The van der Waals surface area contributed by atoms with Crippen LogP contribution in [-0.2, 0) is 4.79 Å². The van der Waals surface area contributed by atoms with E-state index in [1.165, 1.54) is 25.7 Å². The molecule has 0 heterocycles. The Morgan fingerprint density at radius 2 is 2.42 bits per heavy atom. The lowest BCUT2D eigenvalue weighted by Gasteiger charge is -2.28. The van der Waals surface area contributed by atoms with Gasteiger partial charge in [-0.3, -0.25) is 0 Å². The molecule has 1 nitrogen and oxygen atoms in total. The van der Waals surface area contributed by atoms with Crippen molar-refractivity contribution < 1.29 is 4.79 Å². The maximum absolute atomic E-state index is 10.1. The lowest BCUT2D eigenvalue weighted by molar-refractivity contribution is -0.108. The molecule has 0 aromatic heterocycles. The van der Waals surface area contributed by atoms with Crippen molar-refractivity contribution in [3.8, 4) is 0 Å². The Morgan fingerprint density at radius 3 is 3.00 bits per heavy atom. The third-order valence-electron chi connectivity index (χ3n) is 2.71. The SMILES string of the molecule is CC1(CCCC=O)C=CCCC1. The molecular formula is C11H18O. The van der Waals surface area contributed by atoms with Crippen molar-refractivity contribution in [2.45, 2.75) is 45.4 Å². The minimum absolute atomic E-state index is 0.390. The lowest BCUT2D eigenvalue weighted by Crippen LogP contribution is -2.15. The molecule has 0 N–H and O–H groups in total. The zero-order valence-corrected chi connectivity index (χ0v) is 7.88. The van der Waals surface area contributed by atoms with E-state index in [0.29, 0.717) is 5.41 Å². The van der Waals surface area contributed by atoms with E-state index in [1.54, 1.807) is 0 Å². The molecule has 1 aliphatic carbocycles. The molecule has 1 atom stereocenters. The first kappa shape index (κ1) is 9.50. The Kier molecular flexibility index (Phi) is 3.51. The molecule has 0 aromatic rings. The summed E-state index contributed by atoms with van der Waals surface area (Å²) in [5, 5.41) is 0. The van der Waals surface area contributed by atoms with Gasteiger partial charge < -0.3 is 4.79 Å². The zero-order valence-electron chi connectivity index (χ0n) is 7.88. The number of carbonyl (C=O) groups excluding carboxylic acids is 1. The summed E-state index contributed by atoms with van der Waals surface area (Å²) in [5.74, 6) is 0.